The van der Waals surface area contributed by atoms with E-state index in [2.05, 4.69) is 10.4 Å². The fourth-order valence-electron chi connectivity index (χ4n) is 1.31. The first-order valence-electron chi connectivity index (χ1n) is 5.55. The standard InChI is InChI=1S/C11H19N3O3/c1-9(2)14-10(4-5-12-14)13-11(15)8-17-7-6-16-3/h4-5,9H,6-8H2,1-3H3,(H,13,15). The molecule has 0 atom stereocenters. The van der Waals surface area contributed by atoms with E-state index in [0.29, 0.717) is 19.0 Å². The molecule has 6 heteroatoms. The number of nitrogens with one attached hydrogen (secondary N) is 1. The second-order valence-electron chi connectivity index (χ2n) is 3.85. The molecule has 17 heavy (non-hydrogen) atoms. The van der Waals surface area contributed by atoms with Gasteiger partial charge in [-0.25, -0.2) is 4.68 Å². The lowest BCUT2D eigenvalue weighted by atomic mass is 10.4. The molecule has 0 saturated carbocycles. The summed E-state index contributed by atoms with van der Waals surface area (Å²) in [5.41, 5.74) is 0. The molecule has 0 aliphatic carbocycles. The number of nitrogens with zero attached hydrogens (tertiary/aromatic N) is 2. The summed E-state index contributed by atoms with van der Waals surface area (Å²) in [7, 11) is 1.59. The van der Waals surface area contributed by atoms with Gasteiger partial charge in [0.1, 0.15) is 12.4 Å². The minimum absolute atomic E-state index is 0.0205. The summed E-state index contributed by atoms with van der Waals surface area (Å²) < 4.78 is 11.7. The molecule has 0 aliphatic rings. The van der Waals surface area contributed by atoms with Gasteiger partial charge in [-0.2, -0.15) is 5.10 Å². The van der Waals surface area contributed by atoms with E-state index in [9.17, 15) is 4.79 Å². The monoisotopic (exact) mass is 241 g/mol. The Morgan fingerprint density at radius 1 is 1.53 bits per heavy atom. The van der Waals surface area contributed by atoms with Gasteiger partial charge >= 0.3 is 0 Å². The maximum atomic E-state index is 11.5. The molecule has 1 aromatic heterocycles. The first-order valence-corrected chi connectivity index (χ1v) is 5.55. The van der Waals surface area contributed by atoms with Crippen LogP contribution >= 0.6 is 0 Å². The highest BCUT2D eigenvalue weighted by molar-refractivity contribution is 5.90. The van der Waals surface area contributed by atoms with E-state index in [1.165, 1.54) is 0 Å². The molecule has 1 rings (SSSR count). The zero-order valence-corrected chi connectivity index (χ0v) is 10.5. The van der Waals surface area contributed by atoms with Crippen molar-refractivity contribution < 1.29 is 14.3 Å². The van der Waals surface area contributed by atoms with Crippen molar-refractivity contribution in [1.29, 1.82) is 0 Å². The van der Waals surface area contributed by atoms with Gasteiger partial charge < -0.3 is 14.8 Å². The van der Waals surface area contributed by atoms with Crippen LogP contribution in [0.2, 0.25) is 0 Å². The first-order chi connectivity index (χ1) is 8.15. The molecular formula is C11H19N3O3. The van der Waals surface area contributed by atoms with Crippen molar-refractivity contribution in [2.24, 2.45) is 0 Å². The molecule has 0 fully saturated rings. The van der Waals surface area contributed by atoms with Crippen LogP contribution in [-0.2, 0) is 14.3 Å². The number of hydrogen-bond donors (Lipinski definition) is 1. The number of carbonyl (C=O) groups excluding carboxylic acids is 1. The summed E-state index contributed by atoms with van der Waals surface area (Å²) >= 11 is 0. The quantitative estimate of drug-likeness (QED) is 0.725. The Balaban J connectivity index is 2.37. The third kappa shape index (κ3) is 4.54. The number of amides is 1. The minimum atomic E-state index is -0.191. The molecule has 0 saturated heterocycles. The summed E-state index contributed by atoms with van der Waals surface area (Å²) in [5, 5.41) is 6.86. The van der Waals surface area contributed by atoms with Crippen LogP contribution in [0, 0.1) is 0 Å². The van der Waals surface area contributed by atoms with Gasteiger partial charge in [-0.15, -0.1) is 0 Å². The topological polar surface area (TPSA) is 65.4 Å². The fraction of sp³-hybridized carbons (Fsp3) is 0.636. The molecular weight excluding hydrogens is 222 g/mol. The van der Waals surface area contributed by atoms with E-state index in [0.717, 1.165) is 0 Å². The third-order valence-corrected chi connectivity index (χ3v) is 2.09. The molecule has 6 nitrogen and oxygen atoms in total. The lowest BCUT2D eigenvalue weighted by Gasteiger charge is -2.11. The summed E-state index contributed by atoms with van der Waals surface area (Å²) in [6.07, 6.45) is 1.65. The number of carbonyl (C=O) groups is 1. The second-order valence-corrected chi connectivity index (χ2v) is 3.85. The molecule has 1 amide bonds. The number of aromatic nitrogens is 2. The first kappa shape index (κ1) is 13.7. The van der Waals surface area contributed by atoms with Crippen LogP contribution in [0.1, 0.15) is 19.9 Å². The Morgan fingerprint density at radius 3 is 2.94 bits per heavy atom. The van der Waals surface area contributed by atoms with E-state index < -0.39 is 0 Å². The van der Waals surface area contributed by atoms with E-state index in [1.54, 1.807) is 24.1 Å². The van der Waals surface area contributed by atoms with Gasteiger partial charge in [0.15, 0.2) is 0 Å². The van der Waals surface area contributed by atoms with Crippen molar-refractivity contribution in [2.75, 3.05) is 32.2 Å². The van der Waals surface area contributed by atoms with Crippen molar-refractivity contribution in [3.05, 3.63) is 12.3 Å². The van der Waals surface area contributed by atoms with Crippen LogP contribution in [0.3, 0.4) is 0 Å². The van der Waals surface area contributed by atoms with Gasteiger partial charge in [0, 0.05) is 19.2 Å². The summed E-state index contributed by atoms with van der Waals surface area (Å²) in [5.74, 6) is 0.490. The highest BCUT2D eigenvalue weighted by Gasteiger charge is 2.09. The van der Waals surface area contributed by atoms with Crippen LogP contribution in [0.15, 0.2) is 12.3 Å². The summed E-state index contributed by atoms with van der Waals surface area (Å²) in [6, 6.07) is 1.96. The normalized spacial score (nSPS) is 10.8. The zero-order valence-electron chi connectivity index (χ0n) is 10.5. The fourth-order valence-corrected chi connectivity index (χ4v) is 1.31. The number of anilines is 1. The molecule has 0 unspecified atom stereocenters. The molecule has 0 aliphatic heterocycles. The van der Waals surface area contributed by atoms with Crippen molar-refractivity contribution >= 4 is 11.7 Å². The predicted octanol–water partition coefficient (Wildman–Crippen LogP) is 1.07. The lowest BCUT2D eigenvalue weighted by molar-refractivity contribution is -0.121. The van der Waals surface area contributed by atoms with Gasteiger partial charge in [0.2, 0.25) is 0 Å². The highest BCUT2D eigenvalue weighted by Crippen LogP contribution is 2.12. The molecule has 0 aromatic carbocycles. The Hall–Kier alpha value is -1.40. The van der Waals surface area contributed by atoms with Crippen LogP contribution in [0.25, 0.3) is 0 Å². The SMILES string of the molecule is COCCOCC(=O)Nc1ccnn1C(C)C. The van der Waals surface area contributed by atoms with Crippen LogP contribution < -0.4 is 5.32 Å². The smallest absolute Gasteiger partial charge is 0.251 e. The van der Waals surface area contributed by atoms with Crippen LogP contribution in [0.5, 0.6) is 0 Å². The zero-order chi connectivity index (χ0) is 12.7. The van der Waals surface area contributed by atoms with E-state index in [-0.39, 0.29) is 18.6 Å². The molecule has 96 valence electrons. The highest BCUT2D eigenvalue weighted by atomic mass is 16.5. The molecule has 0 bridgehead atoms. The van der Waals surface area contributed by atoms with E-state index in [4.69, 9.17) is 9.47 Å². The maximum absolute atomic E-state index is 11.5. The Kier molecular flexibility index (Phi) is 5.65. The molecule has 0 spiro atoms. The Morgan fingerprint density at radius 2 is 2.29 bits per heavy atom. The van der Waals surface area contributed by atoms with Crippen molar-refractivity contribution in [3.8, 4) is 0 Å². The summed E-state index contributed by atoms with van der Waals surface area (Å²) in [4.78, 5) is 11.5. The maximum Gasteiger partial charge on any atom is 0.251 e. The van der Waals surface area contributed by atoms with Crippen LogP contribution in [0.4, 0.5) is 5.82 Å². The second kappa shape index (κ2) is 7.03. The number of rotatable bonds is 7. The molecule has 1 aromatic rings. The predicted molar refractivity (Wildman–Crippen MR) is 63.9 cm³/mol. The average molecular weight is 241 g/mol. The number of ether oxygens (including phenoxy) is 2. The van der Waals surface area contributed by atoms with Gasteiger partial charge in [0.25, 0.3) is 5.91 Å². The Bertz CT molecular complexity index is 349. The minimum Gasteiger partial charge on any atom is -0.382 e. The van der Waals surface area contributed by atoms with Gasteiger partial charge in [-0.1, -0.05) is 0 Å². The van der Waals surface area contributed by atoms with E-state index in [1.807, 2.05) is 13.8 Å². The van der Waals surface area contributed by atoms with Gasteiger partial charge in [0.05, 0.1) is 19.4 Å². The molecule has 1 heterocycles. The van der Waals surface area contributed by atoms with E-state index >= 15 is 0 Å². The third-order valence-electron chi connectivity index (χ3n) is 2.09. The van der Waals surface area contributed by atoms with Crippen molar-refractivity contribution in [3.63, 3.8) is 0 Å². The Labute approximate surface area is 101 Å². The lowest BCUT2D eigenvalue weighted by Crippen LogP contribution is -2.22. The van der Waals surface area contributed by atoms with Crippen LogP contribution in [-0.4, -0.2) is 42.6 Å². The number of methoxy groups -OCH3 is 1. The van der Waals surface area contributed by atoms with Gasteiger partial charge in [-0.05, 0) is 13.8 Å². The van der Waals surface area contributed by atoms with Crippen molar-refractivity contribution in [1.82, 2.24) is 9.78 Å². The average Bonchev–Trinajstić information content (AvgIpc) is 2.72. The van der Waals surface area contributed by atoms with Gasteiger partial charge in [-0.3, -0.25) is 4.79 Å². The molecule has 0 radical (unpaired) electrons. The van der Waals surface area contributed by atoms with Crippen molar-refractivity contribution in [2.45, 2.75) is 19.9 Å². The summed E-state index contributed by atoms with van der Waals surface area (Å²) in [6.45, 7) is 4.91. The largest absolute Gasteiger partial charge is 0.382 e. The number of hydrogen-bond acceptors (Lipinski definition) is 4. The molecule has 1 N–H and O–H groups in total.